The van der Waals surface area contributed by atoms with Crippen LogP contribution in [0, 0.1) is 0 Å². The van der Waals surface area contributed by atoms with Gasteiger partial charge in [0.05, 0.1) is 18.7 Å². The van der Waals surface area contributed by atoms with Crippen molar-refractivity contribution in [2.24, 2.45) is 5.73 Å². The van der Waals surface area contributed by atoms with Crippen LogP contribution in [0.15, 0.2) is 30.9 Å². The molecule has 1 saturated heterocycles. The van der Waals surface area contributed by atoms with Crippen LogP contribution < -0.4 is 10.6 Å². The zero-order chi connectivity index (χ0) is 16.5. The lowest BCUT2D eigenvalue weighted by molar-refractivity contribution is 0.0996. The highest BCUT2D eigenvalue weighted by atomic mass is 16.5. The lowest BCUT2D eigenvalue weighted by Gasteiger charge is -2.28. The van der Waals surface area contributed by atoms with E-state index in [0.29, 0.717) is 49.1 Å². The zero-order valence-corrected chi connectivity index (χ0v) is 12.8. The average Bonchev–Trinajstić information content (AvgIpc) is 3.15. The third-order valence-corrected chi connectivity index (χ3v) is 3.81. The topological polar surface area (TPSA) is 112 Å². The molecule has 4 heterocycles. The summed E-state index contributed by atoms with van der Waals surface area (Å²) in [7, 11) is 0. The van der Waals surface area contributed by atoms with E-state index in [1.54, 1.807) is 35.4 Å². The summed E-state index contributed by atoms with van der Waals surface area (Å²) >= 11 is 0. The summed E-state index contributed by atoms with van der Waals surface area (Å²) in [4.78, 5) is 31.1. The van der Waals surface area contributed by atoms with Crippen molar-refractivity contribution in [1.29, 1.82) is 0 Å². The number of fused-ring (bicyclic) bond motifs is 1. The van der Waals surface area contributed by atoms with Gasteiger partial charge in [0.1, 0.15) is 17.5 Å². The number of pyridine rings is 1. The van der Waals surface area contributed by atoms with Gasteiger partial charge in [-0.3, -0.25) is 9.36 Å². The summed E-state index contributed by atoms with van der Waals surface area (Å²) in [6.07, 6.45) is 5.07. The van der Waals surface area contributed by atoms with Gasteiger partial charge in [-0.15, -0.1) is 0 Å². The van der Waals surface area contributed by atoms with Crippen LogP contribution >= 0.6 is 0 Å². The van der Waals surface area contributed by atoms with E-state index in [2.05, 4.69) is 24.8 Å². The molecule has 1 fully saturated rings. The molecule has 0 aromatic carbocycles. The van der Waals surface area contributed by atoms with E-state index in [9.17, 15) is 4.79 Å². The highest BCUT2D eigenvalue weighted by molar-refractivity contribution is 5.95. The first-order valence-electron chi connectivity index (χ1n) is 7.52. The fourth-order valence-electron chi connectivity index (χ4n) is 2.61. The number of primary amides is 1. The summed E-state index contributed by atoms with van der Waals surface area (Å²) in [5.41, 5.74) is 6.73. The largest absolute Gasteiger partial charge is 0.378 e. The van der Waals surface area contributed by atoms with E-state index in [1.165, 1.54) is 0 Å². The number of morpholine rings is 1. The van der Waals surface area contributed by atoms with Crippen LogP contribution in [0.5, 0.6) is 0 Å². The molecule has 0 saturated carbocycles. The second-order valence-corrected chi connectivity index (χ2v) is 5.35. The first-order valence-corrected chi connectivity index (χ1v) is 7.52. The molecule has 0 bridgehead atoms. The van der Waals surface area contributed by atoms with Crippen LogP contribution in [0.4, 0.5) is 5.82 Å². The van der Waals surface area contributed by atoms with Gasteiger partial charge in [-0.25, -0.2) is 15.0 Å². The minimum atomic E-state index is -0.580. The van der Waals surface area contributed by atoms with Gasteiger partial charge in [0.25, 0.3) is 5.91 Å². The monoisotopic (exact) mass is 325 g/mol. The van der Waals surface area contributed by atoms with Crippen molar-refractivity contribution in [2.75, 3.05) is 31.2 Å². The van der Waals surface area contributed by atoms with Crippen molar-refractivity contribution >= 4 is 22.8 Å². The van der Waals surface area contributed by atoms with Gasteiger partial charge in [0.15, 0.2) is 5.82 Å². The van der Waals surface area contributed by atoms with Crippen molar-refractivity contribution in [3.63, 3.8) is 0 Å². The third kappa shape index (κ3) is 2.54. The lowest BCUT2D eigenvalue weighted by atomic mass is 10.2. The Morgan fingerprint density at radius 2 is 2.00 bits per heavy atom. The van der Waals surface area contributed by atoms with E-state index in [4.69, 9.17) is 10.5 Å². The molecule has 1 aliphatic rings. The first kappa shape index (κ1) is 14.5. The van der Waals surface area contributed by atoms with Gasteiger partial charge in [-0.1, -0.05) is 0 Å². The maximum Gasteiger partial charge on any atom is 0.267 e. The minimum Gasteiger partial charge on any atom is -0.378 e. The Morgan fingerprint density at radius 1 is 1.17 bits per heavy atom. The van der Waals surface area contributed by atoms with Gasteiger partial charge < -0.3 is 15.4 Å². The molecule has 24 heavy (non-hydrogen) atoms. The van der Waals surface area contributed by atoms with Crippen LogP contribution in [0.1, 0.15) is 10.5 Å². The summed E-state index contributed by atoms with van der Waals surface area (Å²) in [6, 6.07) is 3.30. The van der Waals surface area contributed by atoms with E-state index in [0.717, 1.165) is 0 Å². The van der Waals surface area contributed by atoms with Crippen LogP contribution in [0.2, 0.25) is 0 Å². The average molecular weight is 325 g/mol. The second kappa shape index (κ2) is 5.85. The highest BCUT2D eigenvalue weighted by Gasteiger charge is 2.20. The Balaban J connectivity index is 1.92. The Kier molecular flexibility index (Phi) is 3.54. The van der Waals surface area contributed by atoms with E-state index in [1.807, 2.05) is 0 Å². The molecule has 0 atom stereocenters. The number of nitrogens with zero attached hydrogens (tertiary/aromatic N) is 6. The predicted octanol–water partition coefficient (Wildman–Crippen LogP) is 0.146. The number of anilines is 1. The summed E-state index contributed by atoms with van der Waals surface area (Å²) in [5.74, 6) is 0.578. The Labute approximate surface area is 137 Å². The summed E-state index contributed by atoms with van der Waals surface area (Å²) in [6.45, 7) is 2.61. The molecule has 1 amide bonds. The molecule has 2 N–H and O–H groups in total. The SMILES string of the molecule is NC(=O)c1ccc2nc(-n3ccnc3)nc(N3CCOCC3)c2n1. The molecule has 122 valence electrons. The molecule has 3 aromatic rings. The number of imidazole rings is 1. The normalized spacial score (nSPS) is 14.9. The Morgan fingerprint density at radius 3 is 2.71 bits per heavy atom. The van der Waals surface area contributed by atoms with Crippen molar-refractivity contribution in [1.82, 2.24) is 24.5 Å². The molecule has 3 aromatic heterocycles. The van der Waals surface area contributed by atoms with Crippen molar-refractivity contribution < 1.29 is 9.53 Å². The number of carbonyl (C=O) groups excluding carboxylic acids is 1. The molecule has 4 rings (SSSR count). The molecule has 0 radical (unpaired) electrons. The molecular formula is C15H15N7O2. The van der Waals surface area contributed by atoms with Crippen molar-refractivity contribution in [2.45, 2.75) is 0 Å². The summed E-state index contributed by atoms with van der Waals surface area (Å²) < 4.78 is 7.13. The quantitative estimate of drug-likeness (QED) is 0.729. The standard InChI is InChI=1S/C15H15N7O2/c16-13(23)11-2-1-10-12(18-11)14(21-5-7-24-8-6-21)20-15(19-10)22-4-3-17-9-22/h1-4,9H,5-8H2,(H2,16,23). The number of aromatic nitrogens is 5. The maximum absolute atomic E-state index is 11.5. The second-order valence-electron chi connectivity index (χ2n) is 5.35. The number of ether oxygens (including phenoxy) is 1. The number of hydrogen-bond acceptors (Lipinski definition) is 7. The number of hydrogen-bond donors (Lipinski definition) is 1. The molecule has 0 unspecified atom stereocenters. The Hall–Kier alpha value is -3.07. The molecule has 1 aliphatic heterocycles. The molecule has 0 spiro atoms. The van der Waals surface area contributed by atoms with E-state index < -0.39 is 5.91 Å². The zero-order valence-electron chi connectivity index (χ0n) is 12.8. The fourth-order valence-corrected chi connectivity index (χ4v) is 2.61. The lowest BCUT2D eigenvalue weighted by Crippen LogP contribution is -2.37. The third-order valence-electron chi connectivity index (χ3n) is 3.81. The van der Waals surface area contributed by atoms with E-state index in [-0.39, 0.29) is 5.69 Å². The van der Waals surface area contributed by atoms with Gasteiger partial charge >= 0.3 is 0 Å². The first-order chi connectivity index (χ1) is 11.7. The molecule has 0 aliphatic carbocycles. The van der Waals surface area contributed by atoms with Crippen molar-refractivity contribution in [3.8, 4) is 5.95 Å². The fraction of sp³-hybridized carbons (Fsp3) is 0.267. The minimum absolute atomic E-state index is 0.191. The molecule has 9 heteroatoms. The van der Waals surface area contributed by atoms with Crippen LogP contribution in [0.3, 0.4) is 0 Å². The van der Waals surface area contributed by atoms with Gasteiger partial charge in [-0.2, -0.15) is 4.98 Å². The van der Waals surface area contributed by atoms with Crippen LogP contribution in [-0.2, 0) is 4.74 Å². The van der Waals surface area contributed by atoms with E-state index >= 15 is 0 Å². The van der Waals surface area contributed by atoms with Crippen LogP contribution in [-0.4, -0.2) is 56.7 Å². The number of carbonyl (C=O) groups is 1. The highest BCUT2D eigenvalue weighted by Crippen LogP contribution is 2.24. The van der Waals surface area contributed by atoms with Gasteiger partial charge in [-0.05, 0) is 12.1 Å². The predicted molar refractivity (Wildman–Crippen MR) is 86.0 cm³/mol. The number of nitrogens with two attached hydrogens (primary N) is 1. The smallest absolute Gasteiger partial charge is 0.267 e. The molecular weight excluding hydrogens is 310 g/mol. The van der Waals surface area contributed by atoms with Crippen LogP contribution in [0.25, 0.3) is 17.0 Å². The maximum atomic E-state index is 11.5. The van der Waals surface area contributed by atoms with Crippen molar-refractivity contribution in [3.05, 3.63) is 36.5 Å². The number of rotatable bonds is 3. The van der Waals surface area contributed by atoms with Gasteiger partial charge in [0.2, 0.25) is 5.95 Å². The number of amides is 1. The van der Waals surface area contributed by atoms with Gasteiger partial charge in [0, 0.05) is 25.5 Å². The Bertz CT molecular complexity index is 888. The summed E-state index contributed by atoms with van der Waals surface area (Å²) in [5, 5.41) is 0. The molecule has 9 nitrogen and oxygen atoms in total.